The molecule has 1 heterocycles. The van der Waals surface area contributed by atoms with Gasteiger partial charge < -0.3 is 11.1 Å². The van der Waals surface area contributed by atoms with E-state index in [0.717, 1.165) is 11.7 Å². The third-order valence-electron chi connectivity index (χ3n) is 3.75. The number of rotatable bonds is 4. The molecule has 2 rings (SSSR count). The molecule has 4 heteroatoms. The van der Waals surface area contributed by atoms with Crippen molar-refractivity contribution in [3.63, 3.8) is 0 Å². The summed E-state index contributed by atoms with van der Waals surface area (Å²) in [4.78, 5) is 4.26. The molecule has 0 unspecified atom stereocenters. The van der Waals surface area contributed by atoms with E-state index in [0.29, 0.717) is 16.8 Å². The highest BCUT2D eigenvalue weighted by Gasteiger charge is 2.21. The molecule has 3 N–H and O–H groups in total. The zero-order valence-corrected chi connectivity index (χ0v) is 11.7. The predicted octanol–water partition coefficient (Wildman–Crippen LogP) is 4.09. The molecule has 0 aliphatic heterocycles. The van der Waals surface area contributed by atoms with Gasteiger partial charge >= 0.3 is 0 Å². The molecule has 0 atom stereocenters. The maximum atomic E-state index is 6.12. The third-order valence-corrected chi connectivity index (χ3v) is 4.03. The highest BCUT2D eigenvalue weighted by Crippen LogP contribution is 2.30. The Morgan fingerprint density at radius 3 is 2.72 bits per heavy atom. The second-order valence-electron chi connectivity index (χ2n) is 5.25. The van der Waals surface area contributed by atoms with Crippen molar-refractivity contribution in [1.29, 1.82) is 0 Å². The summed E-state index contributed by atoms with van der Waals surface area (Å²) in [5, 5.41) is 4.06. The lowest BCUT2D eigenvalue weighted by molar-refractivity contribution is 0.318. The average Bonchev–Trinajstić information content (AvgIpc) is 2.35. The van der Waals surface area contributed by atoms with Gasteiger partial charge in [0.2, 0.25) is 0 Å². The molecule has 3 nitrogen and oxygen atoms in total. The van der Waals surface area contributed by atoms with E-state index in [-0.39, 0.29) is 0 Å². The summed E-state index contributed by atoms with van der Waals surface area (Å²) in [5.41, 5.74) is 6.25. The van der Waals surface area contributed by atoms with Gasteiger partial charge in [0, 0.05) is 6.04 Å². The maximum Gasteiger partial charge on any atom is 0.145 e. The molecule has 1 saturated carbocycles. The van der Waals surface area contributed by atoms with E-state index in [1.54, 1.807) is 12.3 Å². The Morgan fingerprint density at radius 2 is 2.11 bits per heavy atom. The van der Waals surface area contributed by atoms with Crippen LogP contribution in [0.1, 0.15) is 45.4 Å². The van der Waals surface area contributed by atoms with Crippen molar-refractivity contribution in [2.45, 2.75) is 51.5 Å². The van der Waals surface area contributed by atoms with Gasteiger partial charge in [0.15, 0.2) is 0 Å². The fraction of sp³-hybridized carbons (Fsp3) is 0.643. The topological polar surface area (TPSA) is 50.9 Å². The summed E-state index contributed by atoms with van der Waals surface area (Å²) in [6, 6.07) is 2.26. The van der Waals surface area contributed by atoms with Crippen molar-refractivity contribution >= 4 is 23.1 Å². The predicted molar refractivity (Wildman–Crippen MR) is 77.9 cm³/mol. The van der Waals surface area contributed by atoms with Crippen molar-refractivity contribution in [3.05, 3.63) is 17.3 Å². The van der Waals surface area contributed by atoms with Crippen molar-refractivity contribution < 1.29 is 0 Å². The number of aromatic nitrogens is 1. The molecule has 1 aliphatic rings. The Labute approximate surface area is 114 Å². The van der Waals surface area contributed by atoms with Gasteiger partial charge in [-0.05, 0) is 37.7 Å². The highest BCUT2D eigenvalue weighted by molar-refractivity contribution is 6.33. The first-order chi connectivity index (χ1) is 8.69. The van der Waals surface area contributed by atoms with Crippen LogP contribution in [-0.2, 0) is 0 Å². The number of anilines is 2. The second kappa shape index (κ2) is 6.28. The number of halogens is 1. The van der Waals surface area contributed by atoms with Crippen LogP contribution in [0.25, 0.3) is 0 Å². The number of nitrogen functional groups attached to an aromatic ring is 1. The number of nitrogens with two attached hydrogens (primary N) is 1. The first-order valence-electron chi connectivity index (χ1n) is 6.86. The molecular weight excluding hydrogens is 246 g/mol. The fourth-order valence-electron chi connectivity index (χ4n) is 2.76. The number of nitrogens with zero attached hydrogens (tertiary/aromatic N) is 1. The first-order valence-corrected chi connectivity index (χ1v) is 7.24. The van der Waals surface area contributed by atoms with Crippen LogP contribution >= 0.6 is 11.6 Å². The Morgan fingerprint density at radius 1 is 1.39 bits per heavy atom. The molecule has 1 aliphatic carbocycles. The molecular formula is C14H22ClN3. The van der Waals surface area contributed by atoms with E-state index in [9.17, 15) is 0 Å². The van der Waals surface area contributed by atoms with Gasteiger partial charge in [0.1, 0.15) is 5.82 Å². The minimum Gasteiger partial charge on any atom is -0.397 e. The van der Waals surface area contributed by atoms with Crippen molar-refractivity contribution in [2.24, 2.45) is 5.92 Å². The Balaban J connectivity index is 1.87. The lowest BCUT2D eigenvalue weighted by atomic mass is 9.83. The van der Waals surface area contributed by atoms with Gasteiger partial charge in [0.25, 0.3) is 0 Å². The van der Waals surface area contributed by atoms with Gasteiger partial charge in [-0.1, -0.05) is 31.4 Å². The average molecular weight is 268 g/mol. The van der Waals surface area contributed by atoms with Crippen LogP contribution < -0.4 is 11.1 Å². The number of hydrogen-bond donors (Lipinski definition) is 2. The van der Waals surface area contributed by atoms with E-state index >= 15 is 0 Å². The van der Waals surface area contributed by atoms with E-state index in [2.05, 4.69) is 17.2 Å². The summed E-state index contributed by atoms with van der Waals surface area (Å²) in [5.74, 6) is 1.69. The lowest BCUT2D eigenvalue weighted by Crippen LogP contribution is -2.26. The van der Waals surface area contributed by atoms with Gasteiger partial charge in [-0.2, -0.15) is 0 Å². The molecule has 100 valence electrons. The molecule has 0 radical (unpaired) electrons. The summed E-state index contributed by atoms with van der Waals surface area (Å²) in [7, 11) is 0. The molecule has 0 amide bonds. The fourth-order valence-corrected chi connectivity index (χ4v) is 2.99. The summed E-state index contributed by atoms with van der Waals surface area (Å²) in [6.45, 7) is 2.27. The Hall–Kier alpha value is -0.960. The molecule has 0 aromatic carbocycles. The lowest BCUT2D eigenvalue weighted by Gasteiger charge is -2.29. The highest BCUT2D eigenvalue weighted by atomic mass is 35.5. The molecule has 0 spiro atoms. The molecule has 18 heavy (non-hydrogen) atoms. The van der Waals surface area contributed by atoms with Crippen molar-refractivity contribution in [3.8, 4) is 0 Å². The molecule has 1 aromatic rings. The number of pyridine rings is 1. The van der Waals surface area contributed by atoms with Crippen LogP contribution in [0.5, 0.6) is 0 Å². The van der Waals surface area contributed by atoms with Gasteiger partial charge in [-0.3, -0.25) is 0 Å². The minimum absolute atomic E-state index is 0.506. The standard InChI is InChI=1S/C14H22ClN3/c1-2-3-10-4-6-12(7-5-10)18-14-13(15)8-11(16)9-17-14/h8-10,12H,2-7,16H2,1H3,(H,17,18). The largest absolute Gasteiger partial charge is 0.397 e. The van der Waals surface area contributed by atoms with Crippen molar-refractivity contribution in [1.82, 2.24) is 4.98 Å². The molecule has 1 aromatic heterocycles. The zero-order valence-electron chi connectivity index (χ0n) is 11.0. The van der Waals surface area contributed by atoms with Gasteiger partial charge in [-0.25, -0.2) is 4.98 Å². The van der Waals surface area contributed by atoms with E-state index in [4.69, 9.17) is 17.3 Å². The van der Waals surface area contributed by atoms with E-state index in [1.165, 1.54) is 38.5 Å². The van der Waals surface area contributed by atoms with E-state index in [1.807, 2.05) is 0 Å². The Bertz CT molecular complexity index is 387. The zero-order chi connectivity index (χ0) is 13.0. The molecule has 0 bridgehead atoms. The van der Waals surface area contributed by atoms with Crippen LogP contribution in [0.4, 0.5) is 11.5 Å². The van der Waals surface area contributed by atoms with E-state index < -0.39 is 0 Å². The second-order valence-corrected chi connectivity index (χ2v) is 5.66. The van der Waals surface area contributed by atoms with Crippen LogP contribution in [0.15, 0.2) is 12.3 Å². The van der Waals surface area contributed by atoms with Crippen LogP contribution in [0.2, 0.25) is 5.02 Å². The normalized spacial score (nSPS) is 23.9. The molecule has 0 saturated heterocycles. The van der Waals surface area contributed by atoms with Gasteiger partial charge in [0.05, 0.1) is 16.9 Å². The molecule has 1 fully saturated rings. The monoisotopic (exact) mass is 267 g/mol. The van der Waals surface area contributed by atoms with Crippen LogP contribution in [-0.4, -0.2) is 11.0 Å². The van der Waals surface area contributed by atoms with Crippen LogP contribution in [0.3, 0.4) is 0 Å². The Kier molecular flexibility index (Phi) is 4.70. The SMILES string of the molecule is CCCC1CCC(Nc2ncc(N)cc2Cl)CC1. The van der Waals surface area contributed by atoms with Gasteiger partial charge in [-0.15, -0.1) is 0 Å². The quantitative estimate of drug-likeness (QED) is 0.864. The number of nitrogens with one attached hydrogen (secondary N) is 1. The summed E-state index contributed by atoms with van der Waals surface area (Å²) >= 11 is 6.12. The minimum atomic E-state index is 0.506. The first kappa shape index (κ1) is 13.5. The number of hydrogen-bond acceptors (Lipinski definition) is 3. The third kappa shape index (κ3) is 3.52. The smallest absolute Gasteiger partial charge is 0.145 e. The summed E-state index contributed by atoms with van der Waals surface area (Å²) in [6.07, 6.45) is 9.38. The van der Waals surface area contributed by atoms with Crippen molar-refractivity contribution in [2.75, 3.05) is 11.1 Å². The van der Waals surface area contributed by atoms with Crippen LogP contribution in [0, 0.1) is 5.92 Å². The maximum absolute atomic E-state index is 6.12. The summed E-state index contributed by atoms with van der Waals surface area (Å²) < 4.78 is 0.